The summed E-state index contributed by atoms with van der Waals surface area (Å²) in [7, 11) is 0. The largest absolute Gasteiger partial charge is 0.416 e. The van der Waals surface area contributed by atoms with Gasteiger partial charge < -0.3 is 14.8 Å². The van der Waals surface area contributed by atoms with Crippen LogP contribution in [0.1, 0.15) is 41.5 Å². The summed E-state index contributed by atoms with van der Waals surface area (Å²) in [5.41, 5.74) is -0.705. The van der Waals surface area contributed by atoms with Gasteiger partial charge in [-0.15, -0.1) is 22.6 Å². The number of nitrogens with one attached hydrogen (secondary N) is 1. The first-order valence-corrected chi connectivity index (χ1v) is 9.49. The lowest BCUT2D eigenvalue weighted by atomic mass is 9.95. The summed E-state index contributed by atoms with van der Waals surface area (Å²) in [5, 5.41) is 11.8. The van der Waals surface area contributed by atoms with E-state index in [1.54, 1.807) is 4.90 Å². The van der Waals surface area contributed by atoms with Crippen LogP contribution in [0.5, 0.6) is 0 Å². The van der Waals surface area contributed by atoms with E-state index in [4.69, 9.17) is 0 Å². The predicted octanol–water partition coefficient (Wildman–Crippen LogP) is 2.77. The van der Waals surface area contributed by atoms with Crippen molar-refractivity contribution in [3.05, 3.63) is 47.0 Å². The number of nitrogens with zero attached hydrogens (tertiary/aromatic N) is 4. The number of fused-ring (bicyclic) bond motifs is 1. The lowest BCUT2D eigenvalue weighted by Gasteiger charge is -2.32. The highest BCUT2D eigenvalue weighted by atomic mass is 35.5. The number of alkyl halides is 3. The van der Waals surface area contributed by atoms with Gasteiger partial charge in [0.25, 0.3) is 0 Å². The molecule has 1 N–H and O–H groups in total. The van der Waals surface area contributed by atoms with Crippen molar-refractivity contribution in [1.82, 2.24) is 25.0 Å². The molecule has 3 heterocycles. The molecule has 4 rings (SSSR count). The minimum absolute atomic E-state index is 0. The third-order valence-electron chi connectivity index (χ3n) is 5.53. The Hall–Kier alpha value is -2.13. The molecule has 158 valence electrons. The molecule has 1 aromatic heterocycles. The van der Waals surface area contributed by atoms with Crippen LogP contribution >= 0.6 is 12.4 Å². The summed E-state index contributed by atoms with van der Waals surface area (Å²) in [6.07, 6.45) is -3.19. The smallest absolute Gasteiger partial charge is 0.342 e. The summed E-state index contributed by atoms with van der Waals surface area (Å²) in [6, 6.07) is 5.28. The molecule has 0 saturated carbocycles. The Morgan fingerprint density at radius 2 is 1.86 bits per heavy atom. The van der Waals surface area contributed by atoms with Gasteiger partial charge in [-0.25, -0.2) is 0 Å². The van der Waals surface area contributed by atoms with E-state index in [9.17, 15) is 18.0 Å². The summed E-state index contributed by atoms with van der Waals surface area (Å²) in [6.45, 7) is 3.48. The zero-order chi connectivity index (χ0) is 19.7. The van der Waals surface area contributed by atoms with Crippen LogP contribution in [-0.4, -0.2) is 45.2 Å². The van der Waals surface area contributed by atoms with Crippen LogP contribution in [0.25, 0.3) is 0 Å². The molecule has 1 amide bonds. The Morgan fingerprint density at radius 3 is 2.59 bits per heavy atom. The summed E-state index contributed by atoms with van der Waals surface area (Å²) < 4.78 is 41.6. The molecular weight excluding hydrogens is 407 g/mol. The molecule has 29 heavy (non-hydrogen) atoms. The Labute approximate surface area is 172 Å². The van der Waals surface area contributed by atoms with E-state index < -0.39 is 11.7 Å². The second-order valence-corrected chi connectivity index (χ2v) is 7.29. The molecule has 0 atom stereocenters. The molecule has 0 unspecified atom stereocenters. The fourth-order valence-corrected chi connectivity index (χ4v) is 4.03. The maximum absolute atomic E-state index is 13.1. The van der Waals surface area contributed by atoms with Gasteiger partial charge in [-0.1, -0.05) is 18.2 Å². The first kappa shape index (κ1) is 21.6. The molecule has 0 bridgehead atoms. The maximum atomic E-state index is 13.1. The number of likely N-dealkylation sites (tertiary alicyclic amines) is 1. The van der Waals surface area contributed by atoms with E-state index in [0.717, 1.165) is 43.6 Å². The number of amides is 1. The molecule has 2 aliphatic rings. The van der Waals surface area contributed by atoms with Crippen molar-refractivity contribution in [3.63, 3.8) is 0 Å². The second-order valence-electron chi connectivity index (χ2n) is 7.29. The van der Waals surface area contributed by atoms with Crippen molar-refractivity contribution in [3.8, 4) is 0 Å². The third-order valence-corrected chi connectivity index (χ3v) is 5.53. The highest BCUT2D eigenvalue weighted by Crippen LogP contribution is 2.33. The molecule has 2 aromatic rings. The molecule has 2 aliphatic heterocycles. The lowest BCUT2D eigenvalue weighted by Crippen LogP contribution is -2.39. The van der Waals surface area contributed by atoms with Crippen molar-refractivity contribution >= 4 is 18.3 Å². The Balaban J connectivity index is 0.00000240. The number of piperidine rings is 1. The summed E-state index contributed by atoms with van der Waals surface area (Å²) in [5.74, 6) is 1.86. The SMILES string of the molecule is Cl.O=C(Cc1ccccc1C(F)(F)F)N1CCC(c2nnc3n2CCNC3)CC1. The van der Waals surface area contributed by atoms with Gasteiger partial charge in [-0.05, 0) is 24.5 Å². The summed E-state index contributed by atoms with van der Waals surface area (Å²) >= 11 is 0. The van der Waals surface area contributed by atoms with Crippen molar-refractivity contribution in [2.75, 3.05) is 19.6 Å². The fourth-order valence-electron chi connectivity index (χ4n) is 4.03. The number of benzene rings is 1. The quantitative estimate of drug-likeness (QED) is 0.815. The van der Waals surface area contributed by atoms with Gasteiger partial charge >= 0.3 is 6.18 Å². The van der Waals surface area contributed by atoms with Crippen molar-refractivity contribution in [2.24, 2.45) is 0 Å². The van der Waals surface area contributed by atoms with Gasteiger partial charge in [0.2, 0.25) is 5.91 Å². The molecule has 0 aliphatic carbocycles. The van der Waals surface area contributed by atoms with Gasteiger partial charge in [0.05, 0.1) is 18.5 Å². The normalized spacial score (nSPS) is 17.6. The van der Waals surface area contributed by atoms with Gasteiger partial charge in [-0.3, -0.25) is 4.79 Å². The third kappa shape index (κ3) is 4.56. The van der Waals surface area contributed by atoms with Crippen LogP contribution in [0.3, 0.4) is 0 Å². The van der Waals surface area contributed by atoms with E-state index in [-0.39, 0.29) is 36.2 Å². The molecule has 6 nitrogen and oxygen atoms in total. The number of hydrogen-bond donors (Lipinski definition) is 1. The minimum atomic E-state index is -4.45. The molecule has 0 spiro atoms. The van der Waals surface area contributed by atoms with E-state index in [0.29, 0.717) is 19.6 Å². The van der Waals surface area contributed by atoms with E-state index in [2.05, 4.69) is 20.1 Å². The number of carbonyl (C=O) groups excluding carboxylic acids is 1. The van der Waals surface area contributed by atoms with E-state index >= 15 is 0 Å². The highest BCUT2D eigenvalue weighted by molar-refractivity contribution is 5.85. The zero-order valence-electron chi connectivity index (χ0n) is 15.8. The molecular formula is C19H23ClF3N5O. The molecule has 10 heteroatoms. The van der Waals surface area contributed by atoms with Gasteiger partial charge in [0, 0.05) is 32.1 Å². The van der Waals surface area contributed by atoms with E-state index in [1.165, 1.54) is 18.2 Å². The number of halogens is 4. The van der Waals surface area contributed by atoms with Crippen LogP contribution in [0, 0.1) is 0 Å². The second kappa shape index (κ2) is 8.71. The van der Waals surface area contributed by atoms with Crippen molar-refractivity contribution in [1.29, 1.82) is 0 Å². The zero-order valence-corrected chi connectivity index (χ0v) is 16.6. The fraction of sp³-hybridized carbons (Fsp3) is 0.526. The van der Waals surface area contributed by atoms with Gasteiger partial charge in [-0.2, -0.15) is 13.2 Å². The van der Waals surface area contributed by atoms with E-state index in [1.807, 2.05) is 0 Å². The average Bonchev–Trinajstić information content (AvgIpc) is 3.12. The molecule has 0 radical (unpaired) electrons. The number of carbonyl (C=O) groups is 1. The van der Waals surface area contributed by atoms with Crippen LogP contribution in [0.2, 0.25) is 0 Å². The van der Waals surface area contributed by atoms with Crippen LogP contribution in [0.4, 0.5) is 13.2 Å². The van der Waals surface area contributed by atoms with Gasteiger partial charge in [0.15, 0.2) is 0 Å². The standard InChI is InChI=1S/C19H22F3N5O.ClH/c20-19(21,22)15-4-2-1-3-14(15)11-17(28)26-8-5-13(6-9-26)18-25-24-16-12-23-7-10-27(16)18;/h1-4,13,23H,5-12H2;1H. The Bertz CT molecular complexity index is 862. The van der Waals surface area contributed by atoms with Crippen LogP contribution in [-0.2, 0) is 30.5 Å². The predicted molar refractivity (Wildman–Crippen MR) is 103 cm³/mol. The monoisotopic (exact) mass is 429 g/mol. The minimum Gasteiger partial charge on any atom is -0.342 e. The number of rotatable bonds is 3. The number of aromatic nitrogens is 3. The first-order valence-electron chi connectivity index (χ1n) is 9.49. The first-order chi connectivity index (χ1) is 13.4. The Morgan fingerprint density at radius 1 is 1.14 bits per heavy atom. The molecule has 1 aromatic carbocycles. The lowest BCUT2D eigenvalue weighted by molar-refractivity contribution is -0.138. The Kier molecular flexibility index (Phi) is 6.48. The van der Waals surface area contributed by atoms with Crippen LogP contribution in [0.15, 0.2) is 24.3 Å². The molecule has 1 saturated heterocycles. The van der Waals surface area contributed by atoms with Crippen LogP contribution < -0.4 is 5.32 Å². The van der Waals surface area contributed by atoms with Crippen molar-refractivity contribution in [2.45, 2.75) is 44.4 Å². The maximum Gasteiger partial charge on any atom is 0.416 e. The van der Waals surface area contributed by atoms with Crippen molar-refractivity contribution < 1.29 is 18.0 Å². The topological polar surface area (TPSA) is 63.1 Å². The van der Waals surface area contributed by atoms with Gasteiger partial charge in [0.1, 0.15) is 11.6 Å². The molecule has 1 fully saturated rings. The highest BCUT2D eigenvalue weighted by Gasteiger charge is 2.34. The summed E-state index contributed by atoms with van der Waals surface area (Å²) in [4.78, 5) is 14.3. The average molecular weight is 430 g/mol. The number of hydrogen-bond acceptors (Lipinski definition) is 4.